The second-order valence-electron chi connectivity index (χ2n) is 21.7. The molecule has 8 nitrogen and oxygen atoms in total. The molecule has 0 unspecified atom stereocenters. The molecule has 0 bridgehead atoms. The van der Waals surface area contributed by atoms with Crippen LogP contribution in [0.25, 0.3) is 5.57 Å². The van der Waals surface area contributed by atoms with Gasteiger partial charge in [-0.3, -0.25) is 4.79 Å². The van der Waals surface area contributed by atoms with E-state index in [9.17, 15) is 9.90 Å². The first-order valence-electron chi connectivity index (χ1n) is 32.0. The topological polar surface area (TPSA) is 92.7 Å². The van der Waals surface area contributed by atoms with Crippen molar-refractivity contribution in [2.45, 2.75) is 287 Å². The summed E-state index contributed by atoms with van der Waals surface area (Å²) in [5.41, 5.74) is 2.13. The molecule has 0 aliphatic heterocycles. The normalized spacial score (nSPS) is 11.8. The van der Waals surface area contributed by atoms with Crippen molar-refractivity contribution in [2.24, 2.45) is 0 Å². The summed E-state index contributed by atoms with van der Waals surface area (Å²) in [6, 6.07) is 7.94. The third kappa shape index (κ3) is 33.1. The van der Waals surface area contributed by atoms with Gasteiger partial charge < -0.3 is 33.5 Å². The number of ether oxygens (including phenoxy) is 6. The van der Waals surface area contributed by atoms with E-state index >= 15 is 0 Å². The number of Topliss-reactive ketones (excluding diaryl/α,β-unsaturated/α-hetero) is 1. The highest BCUT2D eigenvalue weighted by Crippen LogP contribution is 2.43. The molecular formula is C69H114O8. The van der Waals surface area contributed by atoms with Gasteiger partial charge in [0.05, 0.1) is 51.0 Å². The van der Waals surface area contributed by atoms with Gasteiger partial charge in [-0.2, -0.15) is 0 Å². The molecule has 0 aliphatic carbocycles. The summed E-state index contributed by atoms with van der Waals surface area (Å²) < 4.78 is 40.1. The van der Waals surface area contributed by atoms with Crippen LogP contribution in [0, 0.1) is 11.8 Å². The van der Waals surface area contributed by atoms with E-state index in [1.807, 2.05) is 24.3 Å². The molecule has 77 heavy (non-hydrogen) atoms. The molecule has 0 spiro atoms. The van der Waals surface area contributed by atoms with Crippen molar-refractivity contribution in [2.75, 3.05) is 39.6 Å². The Balaban J connectivity index is 2.86. The number of aliphatic hydroxyl groups excluding tert-OH is 1. The van der Waals surface area contributed by atoms with Crippen LogP contribution in [-0.2, 0) is 4.79 Å². The fraction of sp³-hybridized carbons (Fsp3) is 0.725. The van der Waals surface area contributed by atoms with Gasteiger partial charge in [0.15, 0.2) is 28.8 Å². The summed E-state index contributed by atoms with van der Waals surface area (Å²) in [6.07, 6.45) is 43.4. The summed E-state index contributed by atoms with van der Waals surface area (Å²) in [6.45, 7) is 19.9. The van der Waals surface area contributed by atoms with E-state index in [1.54, 1.807) is 13.0 Å². The van der Waals surface area contributed by atoms with E-state index < -0.39 is 0 Å². The van der Waals surface area contributed by atoms with Gasteiger partial charge in [-0.05, 0) is 88.3 Å². The molecule has 0 heterocycles. The monoisotopic (exact) mass is 1070 g/mol. The smallest absolute Gasteiger partial charge is 0.203 e. The van der Waals surface area contributed by atoms with Gasteiger partial charge in [-0.15, -0.1) is 0 Å². The van der Waals surface area contributed by atoms with Crippen molar-refractivity contribution in [3.05, 3.63) is 52.8 Å². The molecule has 438 valence electrons. The molecule has 2 aromatic carbocycles. The number of rotatable bonds is 51. The van der Waals surface area contributed by atoms with Gasteiger partial charge in [-0.25, -0.2) is 0 Å². The second-order valence-corrected chi connectivity index (χ2v) is 21.7. The van der Waals surface area contributed by atoms with Crippen molar-refractivity contribution in [1.82, 2.24) is 0 Å². The van der Waals surface area contributed by atoms with Gasteiger partial charge in [0.25, 0.3) is 0 Å². The Kier molecular flexibility index (Phi) is 42.7. The molecule has 1 N–H and O–H groups in total. The maximum atomic E-state index is 13.3. The van der Waals surface area contributed by atoms with Crippen molar-refractivity contribution < 1.29 is 38.3 Å². The largest absolute Gasteiger partial charge is 0.512 e. The SMILES string of the molecule is CCCCCCCCOc1cc(C#C/C(=C\C(C(C)=O)=C(\C)O)c2cc(OCCCCCCCC)c(OCCCCCCCC)c(OCCCCCCCC)c2)cc(OCCCCCCCC)c1OCCCCCCCC. The highest BCUT2D eigenvalue weighted by atomic mass is 16.5. The zero-order valence-electron chi connectivity index (χ0n) is 50.9. The van der Waals surface area contributed by atoms with Crippen molar-refractivity contribution in [3.8, 4) is 46.3 Å². The average molecular weight is 1070 g/mol. The molecule has 0 aliphatic rings. The lowest BCUT2D eigenvalue weighted by Gasteiger charge is -2.19. The summed E-state index contributed by atoms with van der Waals surface area (Å²) >= 11 is 0. The molecule has 0 radical (unpaired) electrons. The van der Waals surface area contributed by atoms with Crippen LogP contribution in [0.3, 0.4) is 0 Å². The minimum Gasteiger partial charge on any atom is -0.512 e. The number of carbonyl (C=O) groups is 1. The Morgan fingerprint density at radius 3 is 0.922 bits per heavy atom. The van der Waals surface area contributed by atoms with Gasteiger partial charge >= 0.3 is 0 Å². The van der Waals surface area contributed by atoms with E-state index in [4.69, 9.17) is 28.4 Å². The summed E-state index contributed by atoms with van der Waals surface area (Å²) in [4.78, 5) is 13.3. The minimum absolute atomic E-state index is 0.0718. The van der Waals surface area contributed by atoms with Crippen molar-refractivity contribution in [3.63, 3.8) is 0 Å². The van der Waals surface area contributed by atoms with Gasteiger partial charge in [0.2, 0.25) is 11.5 Å². The molecule has 0 saturated carbocycles. The van der Waals surface area contributed by atoms with E-state index in [0.29, 0.717) is 90.8 Å². The number of hydrogen-bond donors (Lipinski definition) is 1. The third-order valence-electron chi connectivity index (χ3n) is 14.3. The highest BCUT2D eigenvalue weighted by Gasteiger charge is 2.20. The van der Waals surface area contributed by atoms with E-state index in [-0.39, 0.29) is 17.1 Å². The molecule has 2 aromatic rings. The number of hydrogen-bond acceptors (Lipinski definition) is 8. The maximum absolute atomic E-state index is 13.3. The zero-order valence-corrected chi connectivity index (χ0v) is 50.9. The molecular weight excluding hydrogens is 957 g/mol. The lowest BCUT2D eigenvalue weighted by molar-refractivity contribution is -0.113. The van der Waals surface area contributed by atoms with Crippen LogP contribution in [0.15, 0.2) is 41.7 Å². The van der Waals surface area contributed by atoms with Gasteiger partial charge in [0.1, 0.15) is 0 Å². The molecule has 0 saturated heterocycles. The molecule has 0 amide bonds. The Labute approximate surface area is 473 Å². The number of unbranched alkanes of at least 4 members (excludes halogenated alkanes) is 30. The van der Waals surface area contributed by atoms with Crippen LogP contribution >= 0.6 is 0 Å². The van der Waals surface area contributed by atoms with Crippen LogP contribution in [0.5, 0.6) is 34.5 Å². The molecule has 0 fully saturated rings. The van der Waals surface area contributed by atoms with Crippen molar-refractivity contribution >= 4 is 11.4 Å². The van der Waals surface area contributed by atoms with Crippen LogP contribution in [-0.4, -0.2) is 50.5 Å². The summed E-state index contributed by atoms with van der Waals surface area (Å²) in [7, 11) is 0. The van der Waals surface area contributed by atoms with Crippen LogP contribution in [0.4, 0.5) is 0 Å². The second kappa shape index (κ2) is 47.7. The van der Waals surface area contributed by atoms with Crippen LogP contribution < -0.4 is 28.4 Å². The first-order valence-corrected chi connectivity index (χ1v) is 32.0. The lowest BCUT2D eigenvalue weighted by atomic mass is 9.99. The van der Waals surface area contributed by atoms with Crippen molar-refractivity contribution in [1.29, 1.82) is 0 Å². The van der Waals surface area contributed by atoms with Crippen LogP contribution in [0.2, 0.25) is 0 Å². The van der Waals surface area contributed by atoms with E-state index in [1.165, 1.54) is 161 Å². The predicted octanol–water partition coefficient (Wildman–Crippen LogP) is 21.0. The molecule has 0 aromatic heterocycles. The Hall–Kier alpha value is -4.25. The number of allylic oxidation sites excluding steroid dienone is 4. The minimum atomic E-state index is -0.259. The number of carbonyl (C=O) groups excluding carboxylic acids is 1. The van der Waals surface area contributed by atoms with Crippen LogP contribution in [0.1, 0.15) is 298 Å². The molecule has 8 heteroatoms. The first kappa shape index (κ1) is 68.9. The van der Waals surface area contributed by atoms with Gasteiger partial charge in [-0.1, -0.05) is 246 Å². The highest BCUT2D eigenvalue weighted by molar-refractivity contribution is 6.00. The predicted molar refractivity (Wildman–Crippen MR) is 327 cm³/mol. The Morgan fingerprint density at radius 2 is 0.649 bits per heavy atom. The summed E-state index contributed by atoms with van der Waals surface area (Å²) in [5, 5.41) is 11.0. The third-order valence-corrected chi connectivity index (χ3v) is 14.3. The fourth-order valence-electron chi connectivity index (χ4n) is 9.40. The zero-order chi connectivity index (χ0) is 55.8. The molecule has 0 atom stereocenters. The Morgan fingerprint density at radius 1 is 0.390 bits per heavy atom. The maximum Gasteiger partial charge on any atom is 0.203 e. The van der Waals surface area contributed by atoms with E-state index in [0.717, 1.165) is 77.0 Å². The standard InChI is InChI=1S/C69H114O8/c1-9-15-21-27-33-39-47-72-64-53-60(54-65(73-48-40-34-28-22-16-10-2)68(64)76-51-43-37-31-25-19-13-5)45-46-61(55-63(58(7)70)59(8)71)62-56-66(74-49-41-35-29-23-17-11-3)69(77-52-44-38-32-26-20-14-6)67(57-62)75-50-42-36-30-24-18-12-4/h53-57,70H,9-44,47-52H2,1-8H3/b61-55+,63-58+. The number of benzene rings is 2. The Bertz CT molecular complexity index is 1840. The number of aliphatic hydroxyl groups is 1. The lowest BCUT2D eigenvalue weighted by Crippen LogP contribution is -2.07. The van der Waals surface area contributed by atoms with Gasteiger partial charge in [0, 0.05) is 11.1 Å². The fourth-order valence-corrected chi connectivity index (χ4v) is 9.40. The quantitative estimate of drug-likeness (QED) is 0.0230. The first-order chi connectivity index (χ1) is 37.7. The number of ketones is 1. The van der Waals surface area contributed by atoms with E-state index in [2.05, 4.69) is 53.4 Å². The average Bonchev–Trinajstić information content (AvgIpc) is 3.42. The summed E-state index contributed by atoms with van der Waals surface area (Å²) in [5.74, 6) is 10.4. The molecule has 2 rings (SSSR count).